The van der Waals surface area contributed by atoms with E-state index < -0.39 is 31.0 Å². The van der Waals surface area contributed by atoms with E-state index in [4.69, 9.17) is 11.6 Å². The van der Waals surface area contributed by atoms with E-state index in [-0.39, 0.29) is 18.2 Å². The molecule has 0 saturated carbocycles. The number of carbonyl (C=O) groups is 4. The predicted octanol–water partition coefficient (Wildman–Crippen LogP) is 5.20. The molecule has 2 aromatic heterocycles. The van der Waals surface area contributed by atoms with E-state index in [0.717, 1.165) is 15.7 Å². The third-order valence-corrected chi connectivity index (χ3v) is 9.90. The minimum atomic E-state index is -1.21. The number of esters is 2. The molecular formula is C25H27ClN2O6S2Si. The number of aromatic nitrogens is 2. The number of benzene rings is 2. The maximum Gasteiger partial charge on any atom is 0.391 e. The second kappa shape index (κ2) is 14.1. The van der Waals surface area contributed by atoms with Crippen molar-refractivity contribution in [3.8, 4) is 0 Å². The van der Waals surface area contributed by atoms with E-state index in [1.54, 1.807) is 19.9 Å². The van der Waals surface area contributed by atoms with Gasteiger partial charge in [0.05, 0.1) is 38.3 Å². The van der Waals surface area contributed by atoms with Crippen LogP contribution in [0.3, 0.4) is 0 Å². The van der Waals surface area contributed by atoms with Crippen LogP contribution in [0.25, 0.3) is 20.4 Å². The van der Waals surface area contributed by atoms with Gasteiger partial charge in [0, 0.05) is 0 Å². The zero-order valence-corrected chi connectivity index (χ0v) is 24.5. The van der Waals surface area contributed by atoms with Crippen molar-refractivity contribution in [1.82, 2.24) is 9.97 Å². The number of nitrogens with zero attached hydrogens (tertiary/aromatic N) is 2. The summed E-state index contributed by atoms with van der Waals surface area (Å²) < 4.78 is 12.4. The van der Waals surface area contributed by atoms with Crippen molar-refractivity contribution in [2.75, 3.05) is 13.2 Å². The fourth-order valence-corrected chi connectivity index (χ4v) is 6.31. The zero-order chi connectivity index (χ0) is 27.6. The van der Waals surface area contributed by atoms with E-state index in [9.17, 15) is 19.2 Å². The normalized spacial score (nSPS) is 10.5. The van der Waals surface area contributed by atoms with Crippen LogP contribution in [0, 0.1) is 0 Å². The second-order valence-electron chi connectivity index (χ2n) is 8.27. The molecule has 37 heavy (non-hydrogen) atoms. The smallest absolute Gasteiger partial charge is 0.391 e. The predicted molar refractivity (Wildman–Crippen MR) is 151 cm³/mol. The minimum Gasteiger partial charge on any atom is -0.460 e. The van der Waals surface area contributed by atoms with Gasteiger partial charge in [0.2, 0.25) is 0 Å². The fourth-order valence-electron chi connectivity index (χ4n) is 2.63. The number of hydrogen-bond acceptors (Lipinski definition) is 10. The van der Waals surface area contributed by atoms with Gasteiger partial charge in [-0.05, 0) is 49.7 Å². The third kappa shape index (κ3) is 9.11. The van der Waals surface area contributed by atoms with Crippen molar-refractivity contribution in [2.24, 2.45) is 0 Å². The standard InChI is InChI=1S/C11H9NO3S.C10H13NSSi.C4H5ClO3/c1-2-15-11(14)9(13)10-12-7-5-3-4-6-8(7)16-10;1-13(2,3)10-11-8-6-4-5-7-9(8)12-10;1-2-8-4(7)3(5)6/h3-6H,2H2,1H3;4-7H,1-3H3;2H2,1H3. The number of ether oxygens (including phenoxy) is 2. The summed E-state index contributed by atoms with van der Waals surface area (Å²) >= 11 is 7.75. The molecule has 0 unspecified atom stereocenters. The molecule has 2 aromatic carbocycles. The Morgan fingerprint density at radius 3 is 1.70 bits per heavy atom. The molecule has 0 saturated heterocycles. The average molecular weight is 579 g/mol. The lowest BCUT2D eigenvalue weighted by Crippen LogP contribution is -2.36. The Morgan fingerprint density at radius 2 is 1.27 bits per heavy atom. The SMILES string of the molecule is CCOC(=O)C(=O)Cl.CCOC(=O)C(=O)c1nc2ccccc2s1.C[Si](C)(C)c1nc2ccccc2s1. The third-order valence-electron chi connectivity index (χ3n) is 4.32. The highest BCUT2D eigenvalue weighted by molar-refractivity contribution is 7.30. The van der Waals surface area contributed by atoms with Gasteiger partial charge in [-0.25, -0.2) is 19.6 Å². The van der Waals surface area contributed by atoms with Gasteiger partial charge in [0.1, 0.15) is 8.07 Å². The lowest BCUT2D eigenvalue weighted by Gasteiger charge is -2.09. The van der Waals surface area contributed by atoms with E-state index in [1.807, 2.05) is 29.5 Å². The van der Waals surface area contributed by atoms with E-state index in [2.05, 4.69) is 63.3 Å². The van der Waals surface area contributed by atoms with E-state index >= 15 is 0 Å². The summed E-state index contributed by atoms with van der Waals surface area (Å²) in [6, 6.07) is 15.7. The van der Waals surface area contributed by atoms with Crippen molar-refractivity contribution in [2.45, 2.75) is 33.5 Å². The number of carbonyl (C=O) groups excluding carboxylic acids is 4. The second-order valence-corrected chi connectivity index (χ2v) is 16.0. The van der Waals surface area contributed by atoms with Gasteiger partial charge in [-0.3, -0.25) is 9.59 Å². The van der Waals surface area contributed by atoms with Crippen LogP contribution in [0.5, 0.6) is 0 Å². The molecule has 4 rings (SSSR count). The number of halogens is 1. The number of fused-ring (bicyclic) bond motifs is 2. The zero-order valence-electron chi connectivity index (χ0n) is 21.1. The summed E-state index contributed by atoms with van der Waals surface area (Å²) in [5.74, 6) is -2.52. The van der Waals surface area contributed by atoms with Gasteiger partial charge < -0.3 is 9.47 Å². The molecule has 0 aliphatic carbocycles. The van der Waals surface area contributed by atoms with Crippen molar-refractivity contribution in [3.63, 3.8) is 0 Å². The summed E-state index contributed by atoms with van der Waals surface area (Å²) in [5, 5.41) is -0.897. The molecule has 0 spiro atoms. The van der Waals surface area contributed by atoms with E-state index in [1.165, 1.54) is 20.7 Å². The molecule has 0 bridgehead atoms. The Morgan fingerprint density at radius 1 is 0.784 bits per heavy atom. The molecule has 0 radical (unpaired) electrons. The number of thiazole rings is 2. The molecule has 0 aliphatic heterocycles. The Kier molecular flexibility index (Phi) is 11.5. The lowest BCUT2D eigenvalue weighted by atomic mass is 10.3. The topological polar surface area (TPSA) is 113 Å². The fraction of sp³-hybridized carbons (Fsp3) is 0.280. The maximum atomic E-state index is 11.6. The first-order valence-corrected chi connectivity index (χ1v) is 16.8. The van der Waals surface area contributed by atoms with Crippen LogP contribution in [-0.2, 0) is 23.9 Å². The Labute approximate surface area is 228 Å². The van der Waals surface area contributed by atoms with Gasteiger partial charge in [0.15, 0.2) is 5.01 Å². The number of rotatable bonds is 6. The highest BCUT2D eigenvalue weighted by atomic mass is 35.5. The number of para-hydroxylation sites is 2. The van der Waals surface area contributed by atoms with Gasteiger partial charge in [-0.15, -0.1) is 22.7 Å². The first-order valence-electron chi connectivity index (χ1n) is 11.3. The van der Waals surface area contributed by atoms with Gasteiger partial charge in [-0.2, -0.15) is 0 Å². The van der Waals surface area contributed by atoms with Crippen LogP contribution in [0.2, 0.25) is 19.6 Å². The van der Waals surface area contributed by atoms with Crippen LogP contribution in [0.4, 0.5) is 0 Å². The highest BCUT2D eigenvalue weighted by Gasteiger charge is 2.22. The van der Waals surface area contributed by atoms with Crippen LogP contribution < -0.4 is 4.63 Å². The number of Topliss-reactive ketones (excluding diaryl/α,β-unsaturated/α-hetero) is 1. The van der Waals surface area contributed by atoms with Crippen molar-refractivity contribution >= 4 is 90.4 Å². The van der Waals surface area contributed by atoms with Gasteiger partial charge in [-0.1, -0.05) is 43.9 Å². The van der Waals surface area contributed by atoms with Crippen molar-refractivity contribution in [1.29, 1.82) is 0 Å². The Bertz CT molecular complexity index is 1330. The molecule has 0 N–H and O–H groups in total. The molecule has 196 valence electrons. The first kappa shape index (κ1) is 30.2. The molecule has 8 nitrogen and oxygen atoms in total. The summed E-state index contributed by atoms with van der Waals surface area (Å²) in [6.07, 6.45) is 0. The van der Waals surface area contributed by atoms with Gasteiger partial charge in [0.25, 0.3) is 5.78 Å². The number of hydrogen-bond donors (Lipinski definition) is 0. The largest absolute Gasteiger partial charge is 0.460 e. The molecule has 0 amide bonds. The molecule has 0 fully saturated rings. The Balaban J connectivity index is 0.000000207. The van der Waals surface area contributed by atoms with Crippen LogP contribution in [-0.4, -0.2) is 54.2 Å². The monoisotopic (exact) mass is 578 g/mol. The van der Waals surface area contributed by atoms with Crippen LogP contribution in [0.1, 0.15) is 23.6 Å². The van der Waals surface area contributed by atoms with E-state index in [0.29, 0.717) is 0 Å². The summed E-state index contributed by atoms with van der Waals surface area (Å²) in [6.45, 7) is 10.6. The quantitative estimate of drug-likeness (QED) is 0.101. The van der Waals surface area contributed by atoms with Gasteiger partial charge >= 0.3 is 17.2 Å². The molecule has 4 aromatic rings. The summed E-state index contributed by atoms with van der Waals surface area (Å²) in [4.78, 5) is 51.4. The maximum absolute atomic E-state index is 11.6. The summed E-state index contributed by atoms with van der Waals surface area (Å²) in [5.41, 5.74) is 1.88. The van der Waals surface area contributed by atoms with Crippen molar-refractivity contribution < 1.29 is 28.7 Å². The number of ketones is 1. The average Bonchev–Trinajstić information content (AvgIpc) is 3.49. The molecule has 0 aliphatic rings. The molecule has 12 heteroatoms. The highest BCUT2D eigenvalue weighted by Crippen LogP contribution is 2.22. The van der Waals surface area contributed by atoms with Crippen molar-refractivity contribution in [3.05, 3.63) is 53.5 Å². The van der Waals surface area contributed by atoms with Crippen LogP contribution >= 0.6 is 34.3 Å². The minimum absolute atomic E-state index is 0.178. The summed E-state index contributed by atoms with van der Waals surface area (Å²) in [7, 11) is -1.21. The molecular weight excluding hydrogens is 552 g/mol. The lowest BCUT2D eigenvalue weighted by molar-refractivity contribution is -0.149. The first-order chi connectivity index (χ1) is 17.5. The Hall–Kier alpha value is -2.99. The molecule has 2 heterocycles. The van der Waals surface area contributed by atoms with Crippen LogP contribution in [0.15, 0.2) is 48.5 Å². The molecule has 0 atom stereocenters.